The lowest BCUT2D eigenvalue weighted by Crippen LogP contribution is -2.27. The van der Waals surface area contributed by atoms with E-state index in [0.29, 0.717) is 0 Å². The molecule has 0 aliphatic heterocycles. The van der Waals surface area contributed by atoms with E-state index in [4.69, 9.17) is 10.6 Å². The van der Waals surface area contributed by atoms with Crippen LogP contribution in [-0.4, -0.2) is 40.8 Å². The lowest BCUT2D eigenvalue weighted by molar-refractivity contribution is -0.132. The molecule has 0 saturated heterocycles. The first-order valence-electron chi connectivity index (χ1n) is 5.88. The van der Waals surface area contributed by atoms with E-state index >= 15 is 0 Å². The van der Waals surface area contributed by atoms with Crippen molar-refractivity contribution >= 4 is 11.9 Å². The summed E-state index contributed by atoms with van der Waals surface area (Å²) < 4.78 is 41.9. The molecule has 0 aromatic carbocycles. The second-order valence-corrected chi connectivity index (χ2v) is 4.34. The van der Waals surface area contributed by atoms with Crippen LogP contribution in [0.5, 0.6) is 6.01 Å². The second kappa shape index (κ2) is 6.55. The number of aromatic nitrogens is 3. The van der Waals surface area contributed by atoms with Crippen LogP contribution in [0.4, 0.5) is 25.1 Å². The minimum absolute atomic E-state index is 0.00295. The Hall–Kier alpha value is -1.84. The third-order valence-electron chi connectivity index (χ3n) is 2.15. The van der Waals surface area contributed by atoms with Crippen LogP contribution in [0, 0.1) is 0 Å². The van der Waals surface area contributed by atoms with E-state index in [1.807, 2.05) is 0 Å². The molecule has 0 atom stereocenters. The zero-order chi connectivity index (χ0) is 15.3. The van der Waals surface area contributed by atoms with Crippen LogP contribution in [0.3, 0.4) is 0 Å². The molecule has 7 nitrogen and oxygen atoms in total. The third-order valence-corrected chi connectivity index (χ3v) is 2.15. The summed E-state index contributed by atoms with van der Waals surface area (Å²) in [6, 6.07) is -0.00295. The van der Waals surface area contributed by atoms with Crippen molar-refractivity contribution in [1.29, 1.82) is 0 Å². The SMILES string of the molecule is CC(C)Oc1nc(NN)nc(N(C)CCC(F)(F)F)n1. The predicted octanol–water partition coefficient (Wildman–Crippen LogP) is 1.33. The molecule has 0 aliphatic rings. The van der Waals surface area contributed by atoms with Gasteiger partial charge < -0.3 is 9.64 Å². The van der Waals surface area contributed by atoms with Crippen molar-refractivity contribution in [3.05, 3.63) is 0 Å². The number of nitrogens with zero attached hydrogens (tertiary/aromatic N) is 4. The molecule has 114 valence electrons. The highest BCUT2D eigenvalue weighted by molar-refractivity contribution is 5.36. The fourth-order valence-corrected chi connectivity index (χ4v) is 1.24. The summed E-state index contributed by atoms with van der Waals surface area (Å²) in [7, 11) is 1.44. The molecule has 20 heavy (non-hydrogen) atoms. The van der Waals surface area contributed by atoms with Gasteiger partial charge in [0, 0.05) is 13.6 Å². The topological polar surface area (TPSA) is 89.2 Å². The van der Waals surface area contributed by atoms with Crippen LogP contribution in [0.1, 0.15) is 20.3 Å². The Kier molecular flexibility index (Phi) is 5.31. The number of halogens is 3. The number of nitrogens with one attached hydrogen (secondary N) is 1. The molecule has 0 bridgehead atoms. The van der Waals surface area contributed by atoms with Crippen molar-refractivity contribution in [1.82, 2.24) is 15.0 Å². The third kappa shape index (κ3) is 5.43. The molecule has 1 aromatic rings. The number of anilines is 2. The van der Waals surface area contributed by atoms with Gasteiger partial charge in [-0.3, -0.25) is 5.43 Å². The van der Waals surface area contributed by atoms with Gasteiger partial charge in [-0.25, -0.2) is 5.84 Å². The molecule has 3 N–H and O–H groups in total. The second-order valence-electron chi connectivity index (χ2n) is 4.34. The number of ether oxygens (including phenoxy) is 1. The summed E-state index contributed by atoms with van der Waals surface area (Å²) in [4.78, 5) is 12.9. The van der Waals surface area contributed by atoms with Crippen LogP contribution >= 0.6 is 0 Å². The molecule has 0 aliphatic carbocycles. The molecule has 0 fully saturated rings. The Labute approximate surface area is 114 Å². The van der Waals surface area contributed by atoms with Crippen molar-refractivity contribution in [2.45, 2.75) is 32.5 Å². The van der Waals surface area contributed by atoms with Gasteiger partial charge in [-0.2, -0.15) is 28.1 Å². The number of hydrazine groups is 1. The van der Waals surface area contributed by atoms with Gasteiger partial charge in [-0.1, -0.05) is 0 Å². The van der Waals surface area contributed by atoms with Crippen molar-refractivity contribution < 1.29 is 17.9 Å². The van der Waals surface area contributed by atoms with Gasteiger partial charge in [0.25, 0.3) is 0 Å². The molecule has 1 heterocycles. The Balaban J connectivity index is 2.86. The zero-order valence-electron chi connectivity index (χ0n) is 11.4. The Morgan fingerprint density at radius 3 is 2.45 bits per heavy atom. The molecule has 0 radical (unpaired) electrons. The highest BCUT2D eigenvalue weighted by Gasteiger charge is 2.27. The molecule has 0 unspecified atom stereocenters. The van der Waals surface area contributed by atoms with Crippen molar-refractivity contribution in [2.75, 3.05) is 23.9 Å². The molecule has 0 saturated carbocycles. The summed E-state index contributed by atoms with van der Waals surface area (Å²) in [6.07, 6.45) is -5.40. The maximum atomic E-state index is 12.2. The Bertz CT molecular complexity index is 439. The Morgan fingerprint density at radius 1 is 1.30 bits per heavy atom. The smallest absolute Gasteiger partial charge is 0.390 e. The highest BCUT2D eigenvalue weighted by atomic mass is 19.4. The van der Waals surface area contributed by atoms with Crippen LogP contribution in [0.25, 0.3) is 0 Å². The van der Waals surface area contributed by atoms with Crippen LogP contribution < -0.4 is 20.9 Å². The monoisotopic (exact) mass is 294 g/mol. The van der Waals surface area contributed by atoms with Crippen LogP contribution in [-0.2, 0) is 0 Å². The van der Waals surface area contributed by atoms with E-state index < -0.39 is 12.6 Å². The van der Waals surface area contributed by atoms with Crippen LogP contribution in [0.2, 0.25) is 0 Å². The van der Waals surface area contributed by atoms with E-state index in [9.17, 15) is 13.2 Å². The lowest BCUT2D eigenvalue weighted by Gasteiger charge is -2.19. The minimum atomic E-state index is -4.24. The van der Waals surface area contributed by atoms with Gasteiger partial charge in [0.1, 0.15) is 0 Å². The summed E-state index contributed by atoms with van der Waals surface area (Å²) >= 11 is 0. The minimum Gasteiger partial charge on any atom is -0.461 e. The van der Waals surface area contributed by atoms with E-state index in [2.05, 4.69) is 20.4 Å². The quantitative estimate of drug-likeness (QED) is 0.604. The van der Waals surface area contributed by atoms with Gasteiger partial charge >= 0.3 is 12.2 Å². The number of rotatable bonds is 6. The molecule has 1 aromatic heterocycles. The number of hydrogen-bond acceptors (Lipinski definition) is 7. The first kappa shape index (κ1) is 16.2. The molecule has 0 amide bonds. The fraction of sp³-hybridized carbons (Fsp3) is 0.700. The zero-order valence-corrected chi connectivity index (χ0v) is 11.4. The lowest BCUT2D eigenvalue weighted by atomic mass is 10.4. The normalized spacial score (nSPS) is 11.6. The summed E-state index contributed by atoms with van der Waals surface area (Å²) in [6.45, 7) is 3.26. The maximum Gasteiger partial charge on any atom is 0.390 e. The van der Waals surface area contributed by atoms with Gasteiger partial charge in [0.15, 0.2) is 0 Å². The van der Waals surface area contributed by atoms with E-state index in [1.54, 1.807) is 13.8 Å². The summed E-state index contributed by atoms with van der Waals surface area (Å²) in [5.41, 5.74) is 2.22. The number of alkyl halides is 3. The van der Waals surface area contributed by atoms with Gasteiger partial charge in [-0.15, -0.1) is 0 Å². The van der Waals surface area contributed by atoms with Crippen LogP contribution in [0.15, 0.2) is 0 Å². The standard InChI is InChI=1S/C10H17F3N6O/c1-6(2)20-9-16-7(18-14)15-8(17-9)19(3)5-4-10(11,12)13/h6H,4-5,14H2,1-3H3,(H,15,16,17,18). The molecule has 1 rings (SSSR count). The molecular weight excluding hydrogens is 277 g/mol. The van der Waals surface area contributed by atoms with Gasteiger partial charge in [-0.05, 0) is 13.8 Å². The first-order chi connectivity index (χ1) is 9.21. The van der Waals surface area contributed by atoms with E-state index in [0.717, 1.165) is 0 Å². The van der Waals surface area contributed by atoms with E-state index in [-0.39, 0.29) is 30.6 Å². The van der Waals surface area contributed by atoms with Gasteiger partial charge in [0.2, 0.25) is 11.9 Å². The van der Waals surface area contributed by atoms with Crippen molar-refractivity contribution in [2.24, 2.45) is 5.84 Å². The van der Waals surface area contributed by atoms with Crippen molar-refractivity contribution in [3.8, 4) is 6.01 Å². The average Bonchev–Trinajstić information content (AvgIpc) is 2.33. The fourth-order valence-electron chi connectivity index (χ4n) is 1.24. The average molecular weight is 294 g/mol. The van der Waals surface area contributed by atoms with Crippen molar-refractivity contribution in [3.63, 3.8) is 0 Å². The van der Waals surface area contributed by atoms with E-state index in [1.165, 1.54) is 11.9 Å². The first-order valence-corrected chi connectivity index (χ1v) is 5.88. The number of nitrogens with two attached hydrogens (primary N) is 1. The predicted molar refractivity (Wildman–Crippen MR) is 67.3 cm³/mol. The number of hydrogen-bond donors (Lipinski definition) is 2. The van der Waals surface area contributed by atoms with Gasteiger partial charge in [0.05, 0.1) is 12.5 Å². The molecule has 10 heteroatoms. The Morgan fingerprint density at radius 2 is 1.95 bits per heavy atom. The molecule has 0 spiro atoms. The highest BCUT2D eigenvalue weighted by Crippen LogP contribution is 2.21. The summed E-state index contributed by atoms with van der Waals surface area (Å²) in [5.74, 6) is 5.27. The number of nitrogen functional groups attached to an aromatic ring is 1. The largest absolute Gasteiger partial charge is 0.461 e. The molecular formula is C10H17F3N6O. The maximum absolute atomic E-state index is 12.2. The summed E-state index contributed by atoms with van der Waals surface area (Å²) in [5, 5.41) is 0.